The summed E-state index contributed by atoms with van der Waals surface area (Å²) in [6.45, 7) is 0. The molecule has 2 aliphatic rings. The number of carbonyl (C=O) groups excluding carboxylic acids is 1. The van der Waals surface area contributed by atoms with E-state index in [9.17, 15) is 14.7 Å². The zero-order chi connectivity index (χ0) is 13.2. The van der Waals surface area contributed by atoms with Crippen molar-refractivity contribution in [3.05, 3.63) is 0 Å². The number of aliphatic carboxylic acids is 1. The molecule has 0 spiro atoms. The van der Waals surface area contributed by atoms with Crippen molar-refractivity contribution >= 4 is 11.9 Å². The topological polar surface area (TPSA) is 92.4 Å². The van der Waals surface area contributed by atoms with Gasteiger partial charge in [0.2, 0.25) is 5.91 Å². The molecule has 0 heterocycles. The van der Waals surface area contributed by atoms with Crippen LogP contribution in [0.3, 0.4) is 0 Å². The Morgan fingerprint density at radius 2 is 1.78 bits per heavy atom. The van der Waals surface area contributed by atoms with Crippen molar-refractivity contribution in [2.45, 2.75) is 62.9 Å². The van der Waals surface area contributed by atoms with Gasteiger partial charge in [0.25, 0.3) is 0 Å². The van der Waals surface area contributed by atoms with Crippen molar-refractivity contribution in [3.63, 3.8) is 0 Å². The van der Waals surface area contributed by atoms with Crippen molar-refractivity contribution in [3.8, 4) is 0 Å². The molecule has 0 aromatic heterocycles. The molecule has 0 aliphatic heterocycles. The highest BCUT2D eigenvalue weighted by Crippen LogP contribution is 2.30. The SMILES string of the molecule is NC1CCCC1C(=O)NC1(C(=O)O)CCCCC1. The molecule has 2 saturated carbocycles. The smallest absolute Gasteiger partial charge is 0.329 e. The molecule has 2 unspecified atom stereocenters. The maximum atomic E-state index is 12.2. The zero-order valence-corrected chi connectivity index (χ0v) is 10.7. The molecule has 0 aromatic rings. The summed E-state index contributed by atoms with van der Waals surface area (Å²) in [5.74, 6) is -1.27. The first-order valence-corrected chi connectivity index (χ1v) is 6.86. The van der Waals surface area contributed by atoms with Crippen LogP contribution in [0.25, 0.3) is 0 Å². The number of hydrogen-bond donors (Lipinski definition) is 3. The second kappa shape index (κ2) is 5.26. The maximum absolute atomic E-state index is 12.2. The number of carbonyl (C=O) groups is 2. The van der Waals surface area contributed by atoms with Crippen molar-refractivity contribution in [1.29, 1.82) is 0 Å². The molecule has 5 heteroatoms. The summed E-state index contributed by atoms with van der Waals surface area (Å²) in [4.78, 5) is 23.6. The summed E-state index contributed by atoms with van der Waals surface area (Å²) in [7, 11) is 0. The van der Waals surface area contributed by atoms with Crippen LogP contribution in [-0.4, -0.2) is 28.6 Å². The van der Waals surface area contributed by atoms with Gasteiger partial charge < -0.3 is 16.2 Å². The Hall–Kier alpha value is -1.10. The van der Waals surface area contributed by atoms with Gasteiger partial charge in [0.05, 0.1) is 5.92 Å². The fraction of sp³-hybridized carbons (Fsp3) is 0.846. The van der Waals surface area contributed by atoms with Crippen molar-refractivity contribution in [2.75, 3.05) is 0 Å². The largest absolute Gasteiger partial charge is 0.480 e. The van der Waals surface area contributed by atoms with Gasteiger partial charge in [0.1, 0.15) is 5.54 Å². The summed E-state index contributed by atoms with van der Waals surface area (Å²) in [5, 5.41) is 12.2. The van der Waals surface area contributed by atoms with Crippen LogP contribution in [0.2, 0.25) is 0 Å². The van der Waals surface area contributed by atoms with Gasteiger partial charge in [-0.1, -0.05) is 25.7 Å². The first-order chi connectivity index (χ1) is 8.55. The van der Waals surface area contributed by atoms with Crippen molar-refractivity contribution in [2.24, 2.45) is 11.7 Å². The molecule has 4 N–H and O–H groups in total. The first kappa shape index (κ1) is 13.3. The summed E-state index contributed by atoms with van der Waals surface area (Å²) < 4.78 is 0. The zero-order valence-electron chi connectivity index (χ0n) is 10.7. The van der Waals surface area contributed by atoms with E-state index in [1.54, 1.807) is 0 Å². The van der Waals surface area contributed by atoms with E-state index in [1.165, 1.54) is 0 Å². The molecule has 2 aliphatic carbocycles. The summed E-state index contributed by atoms with van der Waals surface area (Å²) in [6.07, 6.45) is 6.45. The maximum Gasteiger partial charge on any atom is 0.329 e. The molecule has 0 radical (unpaired) electrons. The molecule has 2 fully saturated rings. The lowest BCUT2D eigenvalue weighted by atomic mass is 9.81. The van der Waals surface area contributed by atoms with Crippen LogP contribution in [0.4, 0.5) is 0 Å². The first-order valence-electron chi connectivity index (χ1n) is 6.86. The van der Waals surface area contributed by atoms with Crippen LogP contribution in [0.15, 0.2) is 0 Å². The van der Waals surface area contributed by atoms with E-state index in [0.717, 1.165) is 38.5 Å². The minimum absolute atomic E-state index is 0.112. The summed E-state index contributed by atoms with van der Waals surface area (Å²) in [6, 6.07) is -0.112. The average molecular weight is 254 g/mol. The highest BCUT2D eigenvalue weighted by Gasteiger charge is 2.43. The van der Waals surface area contributed by atoms with Gasteiger partial charge >= 0.3 is 5.97 Å². The van der Waals surface area contributed by atoms with Gasteiger partial charge in [-0.3, -0.25) is 4.79 Å². The minimum Gasteiger partial charge on any atom is -0.480 e. The van der Waals surface area contributed by atoms with E-state index in [0.29, 0.717) is 12.8 Å². The Balaban J connectivity index is 2.04. The predicted octanol–water partition coefficient (Wildman–Crippen LogP) is 1.02. The highest BCUT2D eigenvalue weighted by atomic mass is 16.4. The molecular formula is C13H22N2O3. The fourth-order valence-corrected chi connectivity index (χ4v) is 3.19. The van der Waals surface area contributed by atoms with Crippen LogP contribution < -0.4 is 11.1 Å². The van der Waals surface area contributed by atoms with E-state index in [2.05, 4.69) is 5.32 Å². The molecule has 1 amide bonds. The Bertz CT molecular complexity index is 337. The number of carboxylic acids is 1. The van der Waals surface area contributed by atoms with Crippen molar-refractivity contribution < 1.29 is 14.7 Å². The third-order valence-corrected chi connectivity index (χ3v) is 4.39. The molecule has 2 rings (SSSR count). The minimum atomic E-state index is -1.04. The van der Waals surface area contributed by atoms with Crippen molar-refractivity contribution in [1.82, 2.24) is 5.32 Å². The Labute approximate surface area is 107 Å². The standard InChI is InChI=1S/C13H22N2O3/c14-10-6-4-5-9(10)11(16)15-13(12(17)18)7-2-1-3-8-13/h9-10H,1-8,14H2,(H,15,16)(H,17,18). The van der Waals surface area contributed by atoms with E-state index in [1.807, 2.05) is 0 Å². The second-order valence-corrected chi connectivity index (χ2v) is 5.64. The molecular weight excluding hydrogens is 232 g/mol. The Morgan fingerprint density at radius 1 is 1.11 bits per heavy atom. The molecule has 2 atom stereocenters. The molecule has 0 bridgehead atoms. The van der Waals surface area contributed by atoms with Gasteiger partial charge in [-0.15, -0.1) is 0 Å². The Kier molecular flexibility index (Phi) is 3.90. The quantitative estimate of drug-likeness (QED) is 0.701. The third-order valence-electron chi connectivity index (χ3n) is 4.39. The molecule has 5 nitrogen and oxygen atoms in total. The van der Waals surface area contributed by atoms with Crippen LogP contribution >= 0.6 is 0 Å². The third kappa shape index (κ3) is 2.51. The second-order valence-electron chi connectivity index (χ2n) is 5.64. The van der Waals surface area contributed by atoms with Gasteiger partial charge in [-0.05, 0) is 25.7 Å². The van der Waals surface area contributed by atoms with Gasteiger partial charge in [-0.2, -0.15) is 0 Å². The summed E-state index contributed by atoms with van der Waals surface area (Å²) in [5.41, 5.74) is 4.85. The molecule has 0 aromatic carbocycles. The molecule has 102 valence electrons. The van der Waals surface area contributed by atoms with Crippen LogP contribution in [0, 0.1) is 5.92 Å². The molecule has 0 saturated heterocycles. The van der Waals surface area contributed by atoms with Crippen LogP contribution in [0.5, 0.6) is 0 Å². The fourth-order valence-electron chi connectivity index (χ4n) is 3.19. The van der Waals surface area contributed by atoms with Crippen LogP contribution in [0.1, 0.15) is 51.4 Å². The van der Waals surface area contributed by atoms with E-state index >= 15 is 0 Å². The van der Waals surface area contributed by atoms with E-state index in [4.69, 9.17) is 5.73 Å². The average Bonchev–Trinajstić information content (AvgIpc) is 2.76. The highest BCUT2D eigenvalue weighted by molar-refractivity contribution is 5.88. The lowest BCUT2D eigenvalue weighted by Gasteiger charge is -2.35. The number of rotatable bonds is 3. The normalized spacial score (nSPS) is 30.9. The number of hydrogen-bond acceptors (Lipinski definition) is 3. The lowest BCUT2D eigenvalue weighted by Crippen LogP contribution is -2.57. The predicted molar refractivity (Wildman–Crippen MR) is 66.9 cm³/mol. The van der Waals surface area contributed by atoms with E-state index in [-0.39, 0.29) is 17.9 Å². The van der Waals surface area contributed by atoms with Crippen LogP contribution in [-0.2, 0) is 9.59 Å². The number of amides is 1. The number of carboxylic acid groups (broad SMARTS) is 1. The number of nitrogens with two attached hydrogens (primary N) is 1. The molecule has 18 heavy (non-hydrogen) atoms. The Morgan fingerprint density at radius 3 is 2.28 bits per heavy atom. The lowest BCUT2D eigenvalue weighted by molar-refractivity contribution is -0.150. The monoisotopic (exact) mass is 254 g/mol. The van der Waals surface area contributed by atoms with Gasteiger partial charge in [0, 0.05) is 6.04 Å². The summed E-state index contributed by atoms with van der Waals surface area (Å²) >= 11 is 0. The van der Waals surface area contributed by atoms with Gasteiger partial charge in [-0.25, -0.2) is 4.79 Å². The number of nitrogens with one attached hydrogen (secondary N) is 1. The van der Waals surface area contributed by atoms with E-state index < -0.39 is 11.5 Å². The van der Waals surface area contributed by atoms with Gasteiger partial charge in [0.15, 0.2) is 0 Å².